The van der Waals surface area contributed by atoms with Gasteiger partial charge in [0, 0.05) is 55.0 Å². The van der Waals surface area contributed by atoms with E-state index in [0.29, 0.717) is 54.2 Å². The molecule has 0 aromatic carbocycles. The van der Waals surface area contributed by atoms with E-state index in [9.17, 15) is 14.4 Å². The molecule has 14 nitrogen and oxygen atoms in total. The van der Waals surface area contributed by atoms with Crippen LogP contribution in [0.2, 0.25) is 0 Å². The number of aromatic nitrogens is 7. The predicted molar refractivity (Wildman–Crippen MR) is 158 cm³/mol. The molecule has 5 heterocycles. The number of amides is 4. The molecule has 1 saturated heterocycles. The van der Waals surface area contributed by atoms with Gasteiger partial charge in [-0.25, -0.2) is 19.7 Å². The van der Waals surface area contributed by atoms with Crippen LogP contribution in [0.25, 0.3) is 5.65 Å². The predicted octanol–water partition coefficient (Wildman–Crippen LogP) is 2.83. The fraction of sp³-hybridized carbons (Fsp3) is 0.433. The van der Waals surface area contributed by atoms with Gasteiger partial charge in [-0.3, -0.25) is 25.1 Å². The van der Waals surface area contributed by atoms with Crippen LogP contribution in [0.1, 0.15) is 78.5 Å². The minimum absolute atomic E-state index is 0.00359. The van der Waals surface area contributed by atoms with Gasteiger partial charge in [-0.15, -0.1) is 0 Å². The molecule has 224 valence electrons. The number of carbonyl (C=O) groups excluding carboxylic acids is 3. The van der Waals surface area contributed by atoms with E-state index in [1.165, 1.54) is 4.90 Å². The zero-order chi connectivity index (χ0) is 29.9. The van der Waals surface area contributed by atoms with E-state index in [-0.39, 0.29) is 42.1 Å². The van der Waals surface area contributed by atoms with Crippen molar-refractivity contribution in [1.29, 1.82) is 0 Å². The maximum atomic E-state index is 13.0. The number of urea groups is 1. The van der Waals surface area contributed by atoms with Gasteiger partial charge in [-0.2, -0.15) is 15.0 Å². The van der Waals surface area contributed by atoms with Crippen LogP contribution in [-0.4, -0.2) is 65.2 Å². The minimum atomic E-state index is -0.430. The van der Waals surface area contributed by atoms with Crippen LogP contribution in [0.15, 0.2) is 30.7 Å². The highest BCUT2D eigenvalue weighted by Crippen LogP contribution is 2.46. The van der Waals surface area contributed by atoms with Crippen LogP contribution in [0.5, 0.6) is 0 Å². The highest BCUT2D eigenvalue weighted by molar-refractivity contribution is 6.13. The molecule has 0 spiro atoms. The first-order valence-corrected chi connectivity index (χ1v) is 15.1. The maximum absolute atomic E-state index is 13.0. The number of aryl methyl sites for hydroxylation is 1. The molecular formula is C30H31N11O3. The van der Waals surface area contributed by atoms with Crippen LogP contribution < -0.4 is 20.9 Å². The Bertz CT molecular complexity index is 1830. The molecule has 2 atom stereocenters. The zero-order valence-electron chi connectivity index (χ0n) is 24.2. The number of imide groups is 1. The molecular weight excluding hydrogens is 562 g/mol. The third-order valence-corrected chi connectivity index (χ3v) is 8.50. The highest BCUT2D eigenvalue weighted by Gasteiger charge is 2.46. The van der Waals surface area contributed by atoms with Gasteiger partial charge in [-0.05, 0) is 62.6 Å². The van der Waals surface area contributed by atoms with E-state index >= 15 is 0 Å². The molecule has 4 aromatic heterocycles. The SMILES string of the molecule is Cc1ccnc(C2CC2C(=O)Nc2nc(NCCc3cn4cc(C5CC5)cc(N5CC(=O)NC5=O)c4n3)nc(C3CC3)n2)n1. The first-order chi connectivity index (χ1) is 21.4. The average molecular weight is 594 g/mol. The van der Waals surface area contributed by atoms with Crippen molar-refractivity contribution in [3.05, 3.63) is 59.3 Å². The molecule has 4 aromatic rings. The quantitative estimate of drug-likeness (QED) is 0.232. The van der Waals surface area contributed by atoms with Crippen LogP contribution in [-0.2, 0) is 16.0 Å². The number of fused-ring (bicyclic) bond motifs is 1. The number of hydrogen-bond acceptors (Lipinski definition) is 10. The van der Waals surface area contributed by atoms with Crippen LogP contribution in [0.4, 0.5) is 22.4 Å². The van der Waals surface area contributed by atoms with E-state index in [0.717, 1.165) is 42.6 Å². The Labute approximate surface area is 252 Å². The molecule has 14 heteroatoms. The van der Waals surface area contributed by atoms with Crippen molar-refractivity contribution in [2.75, 3.05) is 28.6 Å². The number of anilines is 3. The Morgan fingerprint density at radius 3 is 2.57 bits per heavy atom. The van der Waals surface area contributed by atoms with Gasteiger partial charge in [0.1, 0.15) is 18.2 Å². The second-order valence-electron chi connectivity index (χ2n) is 12.1. The second kappa shape index (κ2) is 10.3. The second-order valence-corrected chi connectivity index (χ2v) is 12.1. The first kappa shape index (κ1) is 26.6. The number of pyridine rings is 1. The molecule has 4 amide bonds. The molecule has 0 radical (unpaired) electrons. The summed E-state index contributed by atoms with van der Waals surface area (Å²) in [5, 5.41) is 8.53. The number of nitrogens with zero attached hydrogens (tertiary/aromatic N) is 8. The van der Waals surface area contributed by atoms with Gasteiger partial charge in [-0.1, -0.05) is 0 Å². The number of hydrogen-bond donors (Lipinski definition) is 3. The topological polar surface area (TPSA) is 172 Å². The van der Waals surface area contributed by atoms with Crippen molar-refractivity contribution in [1.82, 2.24) is 39.6 Å². The summed E-state index contributed by atoms with van der Waals surface area (Å²) in [6.45, 7) is 2.39. The molecule has 3 saturated carbocycles. The summed E-state index contributed by atoms with van der Waals surface area (Å²) in [6, 6.07) is 3.40. The fourth-order valence-corrected chi connectivity index (χ4v) is 5.72. The summed E-state index contributed by atoms with van der Waals surface area (Å²) < 4.78 is 1.95. The summed E-state index contributed by atoms with van der Waals surface area (Å²) in [7, 11) is 0. The Morgan fingerprint density at radius 2 is 1.82 bits per heavy atom. The van der Waals surface area contributed by atoms with Crippen LogP contribution in [0.3, 0.4) is 0 Å². The van der Waals surface area contributed by atoms with Crippen molar-refractivity contribution in [2.45, 2.75) is 63.2 Å². The Balaban J connectivity index is 0.965. The molecule has 3 aliphatic carbocycles. The van der Waals surface area contributed by atoms with E-state index in [1.54, 1.807) is 6.20 Å². The lowest BCUT2D eigenvalue weighted by molar-refractivity contribution is -0.118. The summed E-state index contributed by atoms with van der Waals surface area (Å²) in [6.07, 6.45) is 11.3. The van der Waals surface area contributed by atoms with E-state index < -0.39 is 6.03 Å². The molecule has 4 aliphatic rings. The monoisotopic (exact) mass is 593 g/mol. The molecule has 0 bridgehead atoms. The molecule has 44 heavy (non-hydrogen) atoms. The summed E-state index contributed by atoms with van der Waals surface area (Å²) in [5.41, 5.74) is 4.10. The van der Waals surface area contributed by atoms with E-state index in [1.807, 2.05) is 29.7 Å². The van der Waals surface area contributed by atoms with Gasteiger partial charge in [0.2, 0.25) is 23.7 Å². The van der Waals surface area contributed by atoms with Gasteiger partial charge >= 0.3 is 6.03 Å². The van der Waals surface area contributed by atoms with Gasteiger partial charge in [0.15, 0.2) is 5.65 Å². The Hall–Kier alpha value is -5.01. The van der Waals surface area contributed by atoms with Crippen molar-refractivity contribution in [3.8, 4) is 0 Å². The normalized spacial score (nSPS) is 21.1. The largest absolute Gasteiger partial charge is 0.354 e. The van der Waals surface area contributed by atoms with Gasteiger partial charge in [0.05, 0.1) is 11.4 Å². The number of nitrogens with one attached hydrogen (secondary N) is 3. The lowest BCUT2D eigenvalue weighted by atomic mass is 10.1. The van der Waals surface area contributed by atoms with Crippen molar-refractivity contribution in [3.63, 3.8) is 0 Å². The van der Waals surface area contributed by atoms with Gasteiger partial charge in [0.25, 0.3) is 0 Å². The third kappa shape index (κ3) is 5.31. The van der Waals surface area contributed by atoms with Crippen LogP contribution in [0, 0.1) is 12.8 Å². The third-order valence-electron chi connectivity index (χ3n) is 8.50. The first-order valence-electron chi connectivity index (χ1n) is 15.1. The van der Waals surface area contributed by atoms with Gasteiger partial charge < -0.3 is 9.72 Å². The maximum Gasteiger partial charge on any atom is 0.329 e. The van der Waals surface area contributed by atoms with Crippen molar-refractivity contribution < 1.29 is 14.4 Å². The average Bonchev–Trinajstić information content (AvgIpc) is 3.88. The number of imidazole rings is 1. The molecule has 1 aliphatic heterocycles. The Kier molecular flexibility index (Phi) is 6.24. The molecule has 8 rings (SSSR count). The molecule has 3 N–H and O–H groups in total. The standard InChI is InChI=1S/C30H31N11O3/c1-15-6-8-31-25(33-15)20-11-21(20)27(43)38-29-37-24(17-4-5-17)36-28(39-29)32-9-7-19-13-40-12-18(16-2-3-16)10-22(26(40)34-19)41-14-23(42)35-30(41)44/h6,8,10,12-13,16-17,20-21H,2-5,7,9,11,14H2,1H3,(H,35,42,44)(H2,32,36,37,38,39,43). The molecule has 2 unspecified atom stereocenters. The van der Waals surface area contributed by atoms with Crippen molar-refractivity contribution >= 4 is 41.1 Å². The summed E-state index contributed by atoms with van der Waals surface area (Å²) in [5.74, 6) is 2.09. The Morgan fingerprint density at radius 1 is 1.00 bits per heavy atom. The number of carbonyl (C=O) groups is 3. The highest BCUT2D eigenvalue weighted by atomic mass is 16.2. The molecule has 4 fully saturated rings. The zero-order valence-corrected chi connectivity index (χ0v) is 24.2. The van der Waals surface area contributed by atoms with Crippen molar-refractivity contribution in [2.24, 2.45) is 5.92 Å². The smallest absolute Gasteiger partial charge is 0.329 e. The fourth-order valence-electron chi connectivity index (χ4n) is 5.72. The minimum Gasteiger partial charge on any atom is -0.354 e. The summed E-state index contributed by atoms with van der Waals surface area (Å²) in [4.78, 5) is 66.1. The van der Waals surface area contributed by atoms with Crippen LogP contribution >= 0.6 is 0 Å². The lowest BCUT2D eigenvalue weighted by Crippen LogP contribution is -2.28. The lowest BCUT2D eigenvalue weighted by Gasteiger charge is -2.15. The van der Waals surface area contributed by atoms with E-state index in [4.69, 9.17) is 4.98 Å². The van der Waals surface area contributed by atoms with E-state index in [2.05, 4.69) is 47.1 Å². The summed E-state index contributed by atoms with van der Waals surface area (Å²) >= 11 is 0. The number of rotatable bonds is 10.